The van der Waals surface area contributed by atoms with Gasteiger partial charge in [0.2, 0.25) is 4.96 Å². The molecule has 0 saturated heterocycles. The summed E-state index contributed by atoms with van der Waals surface area (Å²) in [6.07, 6.45) is 0. The molecule has 0 bridgehead atoms. The summed E-state index contributed by atoms with van der Waals surface area (Å²) >= 11 is 3.04. The Hall–Kier alpha value is -2.25. The second kappa shape index (κ2) is 4.39. The number of nitrogens with two attached hydrogens (primary N) is 1. The first-order valence-corrected chi connectivity index (χ1v) is 7.58. The van der Waals surface area contributed by atoms with E-state index < -0.39 is 0 Å². The number of fused-ring (bicyclic) bond motifs is 1. The van der Waals surface area contributed by atoms with Gasteiger partial charge in [-0.3, -0.25) is 0 Å². The molecule has 0 atom stereocenters. The Kier molecular flexibility index (Phi) is 2.54. The van der Waals surface area contributed by atoms with E-state index in [4.69, 9.17) is 5.73 Å². The fourth-order valence-electron chi connectivity index (χ4n) is 1.95. The van der Waals surface area contributed by atoms with Gasteiger partial charge in [-0.2, -0.15) is 9.61 Å². The minimum atomic E-state index is 0.757. The summed E-state index contributed by atoms with van der Waals surface area (Å²) in [4.78, 5) is 1.84. The van der Waals surface area contributed by atoms with E-state index in [9.17, 15) is 0 Å². The quantitative estimate of drug-likeness (QED) is 0.617. The predicted octanol–water partition coefficient (Wildman–Crippen LogP) is 3.16. The maximum absolute atomic E-state index is 5.77. The van der Waals surface area contributed by atoms with Crippen LogP contribution in [-0.2, 0) is 0 Å². The number of benzene rings is 1. The number of thiophene rings is 1. The van der Waals surface area contributed by atoms with E-state index in [1.54, 1.807) is 4.52 Å². The molecule has 5 nitrogen and oxygen atoms in total. The molecule has 0 aliphatic rings. The van der Waals surface area contributed by atoms with Gasteiger partial charge < -0.3 is 5.73 Å². The van der Waals surface area contributed by atoms with Gasteiger partial charge in [0, 0.05) is 5.56 Å². The Morgan fingerprint density at radius 3 is 2.55 bits per heavy atom. The van der Waals surface area contributed by atoms with Crippen LogP contribution in [-0.4, -0.2) is 19.8 Å². The van der Waals surface area contributed by atoms with Gasteiger partial charge in [-0.1, -0.05) is 41.7 Å². The molecule has 3 aromatic heterocycles. The van der Waals surface area contributed by atoms with Gasteiger partial charge in [0.15, 0.2) is 10.8 Å². The van der Waals surface area contributed by atoms with Gasteiger partial charge in [-0.15, -0.1) is 21.5 Å². The van der Waals surface area contributed by atoms with Gasteiger partial charge in [-0.05, 0) is 12.1 Å². The van der Waals surface area contributed by atoms with Crippen molar-refractivity contribution in [1.82, 2.24) is 19.8 Å². The Balaban J connectivity index is 1.87. The number of rotatable bonds is 2. The molecule has 0 amide bonds. The summed E-state index contributed by atoms with van der Waals surface area (Å²) in [7, 11) is 0. The smallest absolute Gasteiger partial charge is 0.235 e. The zero-order valence-electron chi connectivity index (χ0n) is 10.2. The highest BCUT2D eigenvalue weighted by atomic mass is 32.1. The van der Waals surface area contributed by atoms with E-state index in [1.165, 1.54) is 22.7 Å². The number of nitrogen functional groups attached to an aromatic ring is 1. The third-order valence-corrected chi connectivity index (χ3v) is 4.84. The van der Waals surface area contributed by atoms with Crippen LogP contribution in [0.4, 0.5) is 5.00 Å². The zero-order chi connectivity index (χ0) is 13.5. The van der Waals surface area contributed by atoms with Gasteiger partial charge in [0.25, 0.3) is 0 Å². The van der Waals surface area contributed by atoms with E-state index in [0.29, 0.717) is 0 Å². The molecule has 7 heteroatoms. The molecule has 0 aliphatic carbocycles. The number of hydrogen-bond donors (Lipinski definition) is 1. The number of aromatic nitrogens is 4. The summed E-state index contributed by atoms with van der Waals surface area (Å²) in [5, 5.41) is 14.7. The molecule has 2 N–H and O–H groups in total. The van der Waals surface area contributed by atoms with Crippen LogP contribution >= 0.6 is 22.7 Å². The van der Waals surface area contributed by atoms with Crippen LogP contribution in [0.2, 0.25) is 0 Å². The summed E-state index contributed by atoms with van der Waals surface area (Å²) < 4.78 is 1.78. The largest absolute Gasteiger partial charge is 0.391 e. The third kappa shape index (κ3) is 1.79. The van der Waals surface area contributed by atoms with Crippen LogP contribution in [0.1, 0.15) is 0 Å². The Morgan fingerprint density at radius 2 is 1.80 bits per heavy atom. The first-order chi connectivity index (χ1) is 9.81. The van der Waals surface area contributed by atoms with Crippen molar-refractivity contribution in [3.8, 4) is 21.3 Å². The molecule has 0 radical (unpaired) electrons. The molecule has 0 aliphatic heterocycles. The van der Waals surface area contributed by atoms with Crippen LogP contribution in [0, 0.1) is 0 Å². The highest BCUT2D eigenvalue weighted by Crippen LogP contribution is 2.33. The van der Waals surface area contributed by atoms with Crippen molar-refractivity contribution < 1.29 is 0 Å². The predicted molar refractivity (Wildman–Crippen MR) is 81.8 cm³/mol. The van der Waals surface area contributed by atoms with Crippen molar-refractivity contribution in [3.05, 3.63) is 42.5 Å². The molecule has 98 valence electrons. The lowest BCUT2D eigenvalue weighted by Crippen LogP contribution is -1.90. The Labute approximate surface area is 122 Å². The van der Waals surface area contributed by atoms with E-state index in [0.717, 1.165) is 31.2 Å². The summed E-state index contributed by atoms with van der Waals surface area (Å²) in [6.45, 7) is 0. The fourth-order valence-corrected chi connectivity index (χ4v) is 3.62. The van der Waals surface area contributed by atoms with E-state index in [-0.39, 0.29) is 0 Å². The lowest BCUT2D eigenvalue weighted by molar-refractivity contribution is 0.972. The van der Waals surface area contributed by atoms with Crippen molar-refractivity contribution in [2.45, 2.75) is 0 Å². The first kappa shape index (κ1) is 11.6. The summed E-state index contributed by atoms with van der Waals surface area (Å²) in [5.41, 5.74) is 6.77. The van der Waals surface area contributed by atoms with Gasteiger partial charge >= 0.3 is 0 Å². The molecule has 0 fully saturated rings. The molecule has 0 unspecified atom stereocenters. The van der Waals surface area contributed by atoms with Crippen molar-refractivity contribution in [1.29, 1.82) is 0 Å². The fraction of sp³-hybridized carbons (Fsp3) is 0. The average Bonchev–Trinajstić information content (AvgIpc) is 3.13. The highest BCUT2D eigenvalue weighted by Gasteiger charge is 2.14. The van der Waals surface area contributed by atoms with Crippen molar-refractivity contribution in [2.24, 2.45) is 0 Å². The van der Waals surface area contributed by atoms with Crippen LogP contribution in [0.15, 0.2) is 42.5 Å². The lowest BCUT2D eigenvalue weighted by atomic mass is 10.2. The summed E-state index contributed by atoms with van der Waals surface area (Å²) in [5.74, 6) is 0.757. The SMILES string of the molecule is Nc1ccc(-c2nn3c(-c4ccccc4)nnc3s2)s1. The Bertz CT molecular complexity index is 875. The molecule has 1 aromatic carbocycles. The molecule has 3 heterocycles. The van der Waals surface area contributed by atoms with Crippen LogP contribution in [0.25, 0.3) is 26.2 Å². The summed E-state index contributed by atoms with van der Waals surface area (Å²) in [6, 6.07) is 13.8. The van der Waals surface area contributed by atoms with E-state index in [2.05, 4.69) is 15.3 Å². The molecular weight excluding hydrogens is 290 g/mol. The van der Waals surface area contributed by atoms with Crippen molar-refractivity contribution in [2.75, 3.05) is 5.73 Å². The standard InChI is InChI=1S/C13H9N5S2/c14-10-7-6-9(19-10)12-17-18-11(15-16-13(18)20-12)8-4-2-1-3-5-8/h1-7H,14H2. The maximum Gasteiger partial charge on any atom is 0.235 e. The van der Waals surface area contributed by atoms with Crippen LogP contribution in [0.3, 0.4) is 0 Å². The van der Waals surface area contributed by atoms with Gasteiger partial charge in [0.1, 0.15) is 0 Å². The number of hydrogen-bond acceptors (Lipinski definition) is 6. The minimum absolute atomic E-state index is 0.757. The first-order valence-electron chi connectivity index (χ1n) is 5.94. The van der Waals surface area contributed by atoms with E-state index in [1.807, 2.05) is 42.5 Å². The maximum atomic E-state index is 5.77. The highest BCUT2D eigenvalue weighted by molar-refractivity contribution is 7.25. The third-order valence-electron chi connectivity index (χ3n) is 2.86. The number of nitrogens with zero attached hydrogens (tertiary/aromatic N) is 4. The second-order valence-corrected chi connectivity index (χ2v) is 6.26. The minimum Gasteiger partial charge on any atom is -0.391 e. The molecule has 0 saturated carbocycles. The molecular formula is C13H9N5S2. The van der Waals surface area contributed by atoms with Crippen molar-refractivity contribution >= 4 is 32.6 Å². The zero-order valence-corrected chi connectivity index (χ0v) is 11.9. The van der Waals surface area contributed by atoms with Gasteiger partial charge in [0.05, 0.1) is 9.88 Å². The molecule has 0 spiro atoms. The Morgan fingerprint density at radius 1 is 0.950 bits per heavy atom. The lowest BCUT2D eigenvalue weighted by Gasteiger charge is -1.95. The topological polar surface area (TPSA) is 69.1 Å². The van der Waals surface area contributed by atoms with Gasteiger partial charge in [-0.25, -0.2) is 0 Å². The molecule has 4 aromatic rings. The van der Waals surface area contributed by atoms with Crippen LogP contribution in [0.5, 0.6) is 0 Å². The molecule has 20 heavy (non-hydrogen) atoms. The van der Waals surface area contributed by atoms with Crippen molar-refractivity contribution in [3.63, 3.8) is 0 Å². The monoisotopic (exact) mass is 299 g/mol. The van der Waals surface area contributed by atoms with Crippen LogP contribution < -0.4 is 5.73 Å². The average molecular weight is 299 g/mol. The second-order valence-electron chi connectivity index (χ2n) is 4.19. The number of anilines is 1. The molecule has 4 rings (SSSR count). The van der Waals surface area contributed by atoms with E-state index >= 15 is 0 Å². The normalized spacial score (nSPS) is 11.2.